The molecule has 0 aromatic heterocycles. The highest BCUT2D eigenvalue weighted by atomic mass is 32.2. The molecule has 0 unspecified atom stereocenters. The molecule has 5 nitrogen and oxygen atoms in total. The lowest BCUT2D eigenvalue weighted by Crippen LogP contribution is -2.25. The van der Waals surface area contributed by atoms with Gasteiger partial charge >= 0.3 is 5.97 Å². The minimum Gasteiger partial charge on any atom is -0.481 e. The predicted molar refractivity (Wildman–Crippen MR) is 72.0 cm³/mol. The molecule has 1 aromatic carbocycles. The van der Waals surface area contributed by atoms with Gasteiger partial charge in [0, 0.05) is 6.54 Å². The van der Waals surface area contributed by atoms with E-state index in [2.05, 4.69) is 5.32 Å². The van der Waals surface area contributed by atoms with Crippen molar-refractivity contribution in [2.24, 2.45) is 5.41 Å². The first-order chi connectivity index (χ1) is 8.91. The summed E-state index contributed by atoms with van der Waals surface area (Å²) in [6.07, 6.45) is 1.27. The number of carbonyl (C=O) groups is 1. The fraction of sp³-hybridized carbons (Fsp3) is 0.462. The second-order valence-corrected chi connectivity index (χ2v) is 7.09. The third-order valence-electron chi connectivity index (χ3n) is 3.53. The molecule has 0 saturated heterocycles. The molecule has 1 aliphatic carbocycles. The first-order valence-electron chi connectivity index (χ1n) is 6.20. The van der Waals surface area contributed by atoms with Crippen LogP contribution in [0.15, 0.2) is 29.2 Å². The zero-order valence-corrected chi connectivity index (χ0v) is 11.5. The third-order valence-corrected chi connectivity index (χ3v) is 5.31. The SMILES string of the molecule is CCS(=O)(=O)c1ccccc1NCC1(C(=O)O)CC1. The highest BCUT2D eigenvalue weighted by Gasteiger charge is 2.50. The van der Waals surface area contributed by atoms with Gasteiger partial charge in [0.05, 0.1) is 21.8 Å². The van der Waals surface area contributed by atoms with E-state index in [4.69, 9.17) is 5.11 Å². The lowest BCUT2D eigenvalue weighted by Gasteiger charge is -2.15. The summed E-state index contributed by atoms with van der Waals surface area (Å²) >= 11 is 0. The van der Waals surface area contributed by atoms with Crippen LogP contribution in [0.1, 0.15) is 19.8 Å². The predicted octanol–water partition coefficient (Wildman–Crippen LogP) is 1.76. The Balaban J connectivity index is 2.20. The average molecular weight is 283 g/mol. The summed E-state index contributed by atoms with van der Waals surface area (Å²) in [6, 6.07) is 6.61. The molecule has 1 saturated carbocycles. The van der Waals surface area contributed by atoms with Crippen LogP contribution in [0.25, 0.3) is 0 Å². The van der Waals surface area contributed by atoms with Crippen molar-refractivity contribution in [1.82, 2.24) is 0 Å². The summed E-state index contributed by atoms with van der Waals surface area (Å²) < 4.78 is 23.9. The number of aliphatic carboxylic acids is 1. The number of hydrogen-bond acceptors (Lipinski definition) is 4. The Kier molecular flexibility index (Phi) is 3.54. The van der Waals surface area contributed by atoms with Crippen molar-refractivity contribution in [3.8, 4) is 0 Å². The number of sulfone groups is 1. The Morgan fingerprint density at radius 1 is 1.37 bits per heavy atom. The Morgan fingerprint density at radius 2 is 2.00 bits per heavy atom. The summed E-state index contributed by atoms with van der Waals surface area (Å²) in [5.41, 5.74) is -0.236. The molecule has 1 aromatic rings. The maximum absolute atomic E-state index is 11.9. The minimum absolute atomic E-state index is 0.0236. The van der Waals surface area contributed by atoms with Gasteiger partial charge < -0.3 is 10.4 Å². The van der Waals surface area contributed by atoms with Gasteiger partial charge in [-0.3, -0.25) is 4.79 Å². The average Bonchev–Trinajstić information content (AvgIpc) is 3.18. The molecule has 0 heterocycles. The van der Waals surface area contributed by atoms with E-state index in [0.29, 0.717) is 18.5 Å². The van der Waals surface area contributed by atoms with Crippen LogP contribution < -0.4 is 5.32 Å². The molecule has 6 heteroatoms. The van der Waals surface area contributed by atoms with Gasteiger partial charge in [0.15, 0.2) is 9.84 Å². The molecular weight excluding hydrogens is 266 g/mol. The second-order valence-electron chi connectivity index (χ2n) is 4.84. The van der Waals surface area contributed by atoms with Gasteiger partial charge in [0.1, 0.15) is 0 Å². The quantitative estimate of drug-likeness (QED) is 0.831. The molecule has 2 rings (SSSR count). The van der Waals surface area contributed by atoms with Gasteiger partial charge in [0.25, 0.3) is 0 Å². The number of carboxylic acid groups (broad SMARTS) is 1. The molecule has 1 aliphatic rings. The molecular formula is C13H17NO4S. The van der Waals surface area contributed by atoms with Crippen molar-refractivity contribution in [2.75, 3.05) is 17.6 Å². The first kappa shape index (κ1) is 13.9. The van der Waals surface area contributed by atoms with Crippen LogP contribution in [0.5, 0.6) is 0 Å². The fourth-order valence-corrected chi connectivity index (χ4v) is 2.99. The van der Waals surface area contributed by atoms with E-state index >= 15 is 0 Å². The van der Waals surface area contributed by atoms with Crippen molar-refractivity contribution in [2.45, 2.75) is 24.7 Å². The summed E-state index contributed by atoms with van der Waals surface area (Å²) in [6.45, 7) is 1.85. The molecule has 0 radical (unpaired) electrons. The molecule has 19 heavy (non-hydrogen) atoms. The molecule has 104 valence electrons. The van der Waals surface area contributed by atoms with Crippen molar-refractivity contribution < 1.29 is 18.3 Å². The van der Waals surface area contributed by atoms with Gasteiger partial charge in [-0.25, -0.2) is 8.42 Å². The first-order valence-corrected chi connectivity index (χ1v) is 7.85. The Bertz CT molecular complexity index is 590. The molecule has 0 spiro atoms. The summed E-state index contributed by atoms with van der Waals surface area (Å²) in [5, 5.41) is 12.1. The summed E-state index contributed by atoms with van der Waals surface area (Å²) in [4.78, 5) is 11.3. The Morgan fingerprint density at radius 3 is 2.53 bits per heavy atom. The molecule has 0 amide bonds. The summed E-state index contributed by atoms with van der Waals surface area (Å²) in [5.74, 6) is -0.800. The largest absolute Gasteiger partial charge is 0.481 e. The monoisotopic (exact) mass is 283 g/mol. The highest BCUT2D eigenvalue weighted by Crippen LogP contribution is 2.46. The molecule has 0 atom stereocenters. The van der Waals surface area contributed by atoms with Gasteiger partial charge in [-0.05, 0) is 25.0 Å². The van der Waals surface area contributed by atoms with E-state index in [1.807, 2.05) is 0 Å². The second kappa shape index (κ2) is 4.85. The van der Waals surface area contributed by atoms with Gasteiger partial charge in [-0.15, -0.1) is 0 Å². The van der Waals surface area contributed by atoms with Crippen LogP contribution in [-0.2, 0) is 14.6 Å². The van der Waals surface area contributed by atoms with Crippen LogP contribution in [-0.4, -0.2) is 31.8 Å². The lowest BCUT2D eigenvalue weighted by atomic mass is 10.1. The molecule has 0 aliphatic heterocycles. The highest BCUT2D eigenvalue weighted by molar-refractivity contribution is 7.91. The van der Waals surface area contributed by atoms with E-state index < -0.39 is 21.2 Å². The van der Waals surface area contributed by atoms with Crippen molar-refractivity contribution >= 4 is 21.5 Å². The Labute approximate surface area is 112 Å². The van der Waals surface area contributed by atoms with Crippen LogP contribution in [0, 0.1) is 5.41 Å². The van der Waals surface area contributed by atoms with Crippen LogP contribution in [0.4, 0.5) is 5.69 Å². The number of rotatable bonds is 6. The normalized spacial score (nSPS) is 16.9. The molecule has 0 bridgehead atoms. The van der Waals surface area contributed by atoms with Crippen molar-refractivity contribution in [3.05, 3.63) is 24.3 Å². The number of benzene rings is 1. The number of hydrogen-bond donors (Lipinski definition) is 2. The minimum atomic E-state index is -3.31. The van der Waals surface area contributed by atoms with Crippen LogP contribution in [0.3, 0.4) is 0 Å². The third kappa shape index (κ3) is 2.73. The number of carboxylic acids is 1. The maximum atomic E-state index is 11.9. The van der Waals surface area contributed by atoms with E-state index in [1.165, 1.54) is 0 Å². The topological polar surface area (TPSA) is 83.5 Å². The summed E-state index contributed by atoms with van der Waals surface area (Å²) in [7, 11) is -3.31. The fourth-order valence-electron chi connectivity index (χ4n) is 1.92. The van der Waals surface area contributed by atoms with Gasteiger partial charge in [0.2, 0.25) is 0 Å². The van der Waals surface area contributed by atoms with E-state index in [-0.39, 0.29) is 17.2 Å². The zero-order chi connectivity index (χ0) is 14.1. The molecule has 1 fully saturated rings. The van der Waals surface area contributed by atoms with E-state index in [9.17, 15) is 13.2 Å². The van der Waals surface area contributed by atoms with Crippen molar-refractivity contribution in [3.63, 3.8) is 0 Å². The van der Waals surface area contributed by atoms with E-state index in [1.54, 1.807) is 31.2 Å². The number of nitrogens with one attached hydrogen (secondary N) is 1. The number of para-hydroxylation sites is 1. The van der Waals surface area contributed by atoms with Crippen LogP contribution in [0.2, 0.25) is 0 Å². The smallest absolute Gasteiger partial charge is 0.311 e. The van der Waals surface area contributed by atoms with Crippen molar-refractivity contribution in [1.29, 1.82) is 0 Å². The Hall–Kier alpha value is -1.56. The standard InChI is InChI=1S/C13H17NO4S/c1-2-19(17,18)11-6-4-3-5-10(11)14-9-13(7-8-13)12(15)16/h3-6,14H,2,7-9H2,1H3,(H,15,16). The lowest BCUT2D eigenvalue weighted by molar-refractivity contribution is -0.142. The molecule has 2 N–H and O–H groups in total. The number of anilines is 1. The van der Waals surface area contributed by atoms with Gasteiger partial charge in [-0.2, -0.15) is 0 Å². The van der Waals surface area contributed by atoms with Crippen LogP contribution >= 0.6 is 0 Å². The maximum Gasteiger partial charge on any atom is 0.311 e. The van der Waals surface area contributed by atoms with Gasteiger partial charge in [-0.1, -0.05) is 19.1 Å². The van der Waals surface area contributed by atoms with E-state index in [0.717, 1.165) is 0 Å². The zero-order valence-electron chi connectivity index (χ0n) is 10.7.